The summed E-state index contributed by atoms with van der Waals surface area (Å²) in [6.07, 6.45) is 0. The van der Waals surface area contributed by atoms with E-state index in [9.17, 15) is 9.90 Å². The Morgan fingerprint density at radius 1 is 1.62 bits per heavy atom. The highest BCUT2D eigenvalue weighted by Gasteiger charge is 2.09. The van der Waals surface area contributed by atoms with Crippen molar-refractivity contribution >= 4 is 15.9 Å². The zero-order valence-corrected chi connectivity index (χ0v) is 8.71. The number of hydrogen-bond acceptors (Lipinski definition) is 3. The van der Waals surface area contributed by atoms with Gasteiger partial charge in [-0.2, -0.15) is 0 Å². The number of nitrogens with zero attached hydrogens (tertiary/aromatic N) is 1. The summed E-state index contributed by atoms with van der Waals surface area (Å²) in [5.74, 6) is -0.140. The lowest BCUT2D eigenvalue weighted by atomic mass is 10.3. The van der Waals surface area contributed by atoms with Crippen LogP contribution in [0.3, 0.4) is 0 Å². The molecule has 0 radical (unpaired) electrons. The molecule has 2 N–H and O–H groups in total. The Morgan fingerprint density at radius 3 is 2.77 bits per heavy atom. The van der Waals surface area contributed by atoms with Gasteiger partial charge in [0.1, 0.15) is 0 Å². The summed E-state index contributed by atoms with van der Waals surface area (Å²) in [4.78, 5) is 11.3. The number of halogens is 1. The fourth-order valence-electron chi connectivity index (χ4n) is 1.04. The van der Waals surface area contributed by atoms with E-state index in [2.05, 4.69) is 15.9 Å². The molecule has 0 fully saturated rings. The van der Waals surface area contributed by atoms with Crippen molar-refractivity contribution in [3.05, 3.63) is 26.5 Å². The number of aromatic hydroxyl groups is 1. The number of hydrogen-bond donors (Lipinski definition) is 2. The zero-order valence-electron chi connectivity index (χ0n) is 7.12. The Bertz CT molecular complexity index is 372. The Morgan fingerprint density at radius 2 is 2.23 bits per heavy atom. The Balaban J connectivity index is 3.35. The predicted octanol–water partition coefficient (Wildman–Crippen LogP) is 0.617. The third kappa shape index (κ3) is 1.92. The summed E-state index contributed by atoms with van der Waals surface area (Å²) in [5, 5.41) is 18.1. The molecule has 72 valence electrons. The van der Waals surface area contributed by atoms with Gasteiger partial charge in [0.05, 0.1) is 17.6 Å². The largest absolute Gasteiger partial charge is 0.494 e. The van der Waals surface area contributed by atoms with Crippen LogP contribution in [0.5, 0.6) is 5.88 Å². The van der Waals surface area contributed by atoms with E-state index in [1.807, 2.05) is 0 Å². The molecule has 4 nitrogen and oxygen atoms in total. The molecular formula is C8H10BrNO3. The Labute approximate surface area is 83.6 Å². The van der Waals surface area contributed by atoms with Crippen molar-refractivity contribution in [2.75, 3.05) is 6.61 Å². The molecule has 1 aromatic heterocycles. The second-order valence-corrected chi connectivity index (χ2v) is 3.47. The van der Waals surface area contributed by atoms with Gasteiger partial charge in [0.2, 0.25) is 5.88 Å². The monoisotopic (exact) mass is 247 g/mol. The highest BCUT2D eigenvalue weighted by Crippen LogP contribution is 2.24. The van der Waals surface area contributed by atoms with Gasteiger partial charge >= 0.3 is 0 Å². The SMILES string of the molecule is Cc1cc(=O)n(CCO)c(O)c1Br. The summed E-state index contributed by atoms with van der Waals surface area (Å²) < 4.78 is 1.59. The van der Waals surface area contributed by atoms with Gasteiger partial charge in [-0.15, -0.1) is 0 Å². The molecule has 0 atom stereocenters. The molecule has 0 aliphatic carbocycles. The summed E-state index contributed by atoms with van der Waals surface area (Å²) in [7, 11) is 0. The Hall–Kier alpha value is -0.810. The van der Waals surface area contributed by atoms with Gasteiger partial charge < -0.3 is 10.2 Å². The minimum absolute atomic E-state index is 0.101. The maximum absolute atomic E-state index is 11.3. The fourth-order valence-corrected chi connectivity index (χ4v) is 1.37. The molecule has 0 aliphatic heterocycles. The smallest absolute Gasteiger partial charge is 0.253 e. The number of aryl methyl sites for hydroxylation is 1. The molecular weight excluding hydrogens is 238 g/mol. The normalized spacial score (nSPS) is 10.4. The predicted molar refractivity (Wildman–Crippen MR) is 51.9 cm³/mol. The molecule has 1 rings (SSSR count). The molecule has 0 aliphatic rings. The average Bonchev–Trinajstić information content (AvgIpc) is 2.09. The minimum atomic E-state index is -0.313. The third-order valence-electron chi connectivity index (χ3n) is 1.73. The lowest BCUT2D eigenvalue weighted by Gasteiger charge is -2.09. The molecule has 0 amide bonds. The van der Waals surface area contributed by atoms with E-state index >= 15 is 0 Å². The van der Waals surface area contributed by atoms with Gasteiger partial charge in [0, 0.05) is 6.07 Å². The summed E-state index contributed by atoms with van der Waals surface area (Å²) >= 11 is 3.14. The molecule has 0 saturated heterocycles. The topological polar surface area (TPSA) is 62.5 Å². The number of aliphatic hydroxyl groups is 1. The fraction of sp³-hybridized carbons (Fsp3) is 0.375. The number of aliphatic hydroxyl groups excluding tert-OH is 1. The van der Waals surface area contributed by atoms with Gasteiger partial charge in [-0.3, -0.25) is 9.36 Å². The van der Waals surface area contributed by atoms with Gasteiger partial charge in [0.15, 0.2) is 0 Å². The van der Waals surface area contributed by atoms with Crippen LogP contribution in [-0.2, 0) is 6.54 Å². The highest BCUT2D eigenvalue weighted by molar-refractivity contribution is 9.10. The van der Waals surface area contributed by atoms with E-state index in [1.165, 1.54) is 6.07 Å². The molecule has 1 heterocycles. The maximum atomic E-state index is 11.3. The van der Waals surface area contributed by atoms with Crippen LogP contribution in [0.25, 0.3) is 0 Å². The van der Waals surface area contributed by atoms with Crippen LogP contribution in [0.1, 0.15) is 5.56 Å². The molecule has 5 heteroatoms. The van der Waals surface area contributed by atoms with E-state index in [0.29, 0.717) is 10.0 Å². The third-order valence-corrected chi connectivity index (χ3v) is 2.71. The number of rotatable bonds is 2. The van der Waals surface area contributed by atoms with Crippen LogP contribution < -0.4 is 5.56 Å². The van der Waals surface area contributed by atoms with Crippen LogP contribution in [0.2, 0.25) is 0 Å². The van der Waals surface area contributed by atoms with Crippen molar-refractivity contribution in [1.82, 2.24) is 4.57 Å². The van der Waals surface area contributed by atoms with Crippen LogP contribution in [0.4, 0.5) is 0 Å². The van der Waals surface area contributed by atoms with E-state index in [-0.39, 0.29) is 24.6 Å². The van der Waals surface area contributed by atoms with Crippen molar-refractivity contribution in [3.63, 3.8) is 0 Å². The summed E-state index contributed by atoms with van der Waals surface area (Å²) in [6, 6.07) is 1.40. The molecule has 13 heavy (non-hydrogen) atoms. The first-order chi connectivity index (χ1) is 6.07. The van der Waals surface area contributed by atoms with Gasteiger partial charge in [-0.25, -0.2) is 0 Å². The van der Waals surface area contributed by atoms with Gasteiger partial charge in [-0.05, 0) is 28.4 Å². The van der Waals surface area contributed by atoms with E-state index in [1.54, 1.807) is 6.92 Å². The average molecular weight is 248 g/mol. The Kier molecular flexibility index (Phi) is 3.11. The van der Waals surface area contributed by atoms with Crippen molar-refractivity contribution in [2.45, 2.75) is 13.5 Å². The van der Waals surface area contributed by atoms with Crippen molar-refractivity contribution < 1.29 is 10.2 Å². The van der Waals surface area contributed by atoms with Crippen LogP contribution >= 0.6 is 15.9 Å². The quantitative estimate of drug-likeness (QED) is 0.806. The lowest BCUT2D eigenvalue weighted by Crippen LogP contribution is -2.21. The molecule has 0 spiro atoms. The van der Waals surface area contributed by atoms with E-state index < -0.39 is 0 Å². The summed E-state index contributed by atoms with van der Waals surface area (Å²) in [6.45, 7) is 1.64. The number of aromatic nitrogens is 1. The first-order valence-corrected chi connectivity index (χ1v) is 4.57. The van der Waals surface area contributed by atoms with Crippen LogP contribution in [0, 0.1) is 6.92 Å². The number of pyridine rings is 1. The van der Waals surface area contributed by atoms with Gasteiger partial charge in [-0.1, -0.05) is 0 Å². The van der Waals surface area contributed by atoms with Crippen LogP contribution in [-0.4, -0.2) is 21.4 Å². The van der Waals surface area contributed by atoms with Crippen molar-refractivity contribution in [3.8, 4) is 5.88 Å². The van der Waals surface area contributed by atoms with E-state index in [4.69, 9.17) is 5.11 Å². The molecule has 0 unspecified atom stereocenters. The van der Waals surface area contributed by atoms with Crippen molar-refractivity contribution in [1.29, 1.82) is 0 Å². The standard InChI is InChI=1S/C8H10BrNO3/c1-5-4-6(12)10(2-3-11)8(13)7(5)9/h4,11,13H,2-3H2,1H3. The zero-order chi connectivity index (χ0) is 10.0. The highest BCUT2D eigenvalue weighted by atomic mass is 79.9. The second-order valence-electron chi connectivity index (χ2n) is 2.68. The molecule has 1 aromatic rings. The van der Waals surface area contributed by atoms with Gasteiger partial charge in [0.25, 0.3) is 5.56 Å². The summed E-state index contributed by atoms with van der Waals surface area (Å²) in [5.41, 5.74) is 0.365. The second kappa shape index (κ2) is 3.93. The van der Waals surface area contributed by atoms with Crippen LogP contribution in [0.15, 0.2) is 15.3 Å². The first kappa shape index (κ1) is 10.3. The molecule has 0 saturated carbocycles. The van der Waals surface area contributed by atoms with E-state index in [0.717, 1.165) is 4.57 Å². The minimum Gasteiger partial charge on any atom is -0.494 e. The molecule has 0 aromatic carbocycles. The van der Waals surface area contributed by atoms with Crippen molar-refractivity contribution in [2.24, 2.45) is 0 Å². The molecule has 0 bridgehead atoms. The first-order valence-electron chi connectivity index (χ1n) is 3.77. The maximum Gasteiger partial charge on any atom is 0.253 e. The lowest BCUT2D eigenvalue weighted by molar-refractivity contribution is 0.263.